The fraction of sp³-hybridized carbons (Fsp3) is 0.625. The number of rotatable bonds is 3. The van der Waals surface area contributed by atoms with Crippen LogP contribution in [0.5, 0.6) is 5.75 Å². The highest BCUT2D eigenvalue weighted by Gasteiger charge is 2.28. The van der Waals surface area contributed by atoms with Crippen LogP contribution < -0.4 is 10.1 Å². The van der Waals surface area contributed by atoms with Crippen molar-refractivity contribution in [2.24, 2.45) is 0 Å². The molecule has 1 aromatic carbocycles. The van der Waals surface area contributed by atoms with Gasteiger partial charge in [0, 0.05) is 23.0 Å². The summed E-state index contributed by atoms with van der Waals surface area (Å²) in [7, 11) is 0. The number of thioether (sulfide) groups is 1. The molecule has 3 heteroatoms. The van der Waals surface area contributed by atoms with Crippen LogP contribution in [0.4, 0.5) is 5.69 Å². The summed E-state index contributed by atoms with van der Waals surface area (Å²) < 4.78 is 6.36. The Bertz CT molecular complexity index is 440. The molecule has 0 amide bonds. The van der Waals surface area contributed by atoms with Crippen LogP contribution in [0.2, 0.25) is 0 Å². The maximum atomic E-state index is 6.05. The summed E-state index contributed by atoms with van der Waals surface area (Å²) in [6.45, 7) is 4.26. The summed E-state index contributed by atoms with van der Waals surface area (Å²) >= 11 is 2.07. The van der Waals surface area contributed by atoms with Crippen molar-refractivity contribution in [2.45, 2.75) is 43.8 Å². The predicted molar refractivity (Wildman–Crippen MR) is 83.5 cm³/mol. The minimum absolute atomic E-state index is 0.307. The maximum Gasteiger partial charge on any atom is 0.121 e. The molecule has 2 nitrogen and oxygen atoms in total. The highest BCUT2D eigenvalue weighted by atomic mass is 32.2. The first-order chi connectivity index (χ1) is 9.25. The van der Waals surface area contributed by atoms with Gasteiger partial charge < -0.3 is 10.1 Å². The van der Waals surface area contributed by atoms with E-state index in [4.69, 9.17) is 4.74 Å². The Morgan fingerprint density at radius 2 is 2.26 bits per heavy atom. The van der Waals surface area contributed by atoms with Gasteiger partial charge >= 0.3 is 0 Å². The average Bonchev–Trinajstić information content (AvgIpc) is 2.46. The quantitative estimate of drug-likeness (QED) is 0.899. The van der Waals surface area contributed by atoms with E-state index >= 15 is 0 Å². The second-order valence-electron chi connectivity index (χ2n) is 5.89. The zero-order valence-electron chi connectivity index (χ0n) is 11.7. The van der Waals surface area contributed by atoms with Crippen LogP contribution in [-0.2, 0) is 6.42 Å². The molecule has 19 heavy (non-hydrogen) atoms. The van der Waals surface area contributed by atoms with E-state index in [1.807, 2.05) is 0 Å². The second kappa shape index (κ2) is 5.66. The molecular weight excluding hydrogens is 254 g/mol. The van der Waals surface area contributed by atoms with Crippen LogP contribution in [-0.4, -0.2) is 23.7 Å². The summed E-state index contributed by atoms with van der Waals surface area (Å²) in [4.78, 5) is 0. The van der Waals surface area contributed by atoms with Gasteiger partial charge in [-0.15, -0.1) is 0 Å². The number of ether oxygens (including phenoxy) is 1. The summed E-state index contributed by atoms with van der Waals surface area (Å²) in [5.74, 6) is 2.30. The highest BCUT2D eigenvalue weighted by Crippen LogP contribution is 2.37. The Hall–Kier alpha value is -0.830. The summed E-state index contributed by atoms with van der Waals surface area (Å²) in [6.07, 6.45) is 6.42. The van der Waals surface area contributed by atoms with Crippen molar-refractivity contribution < 1.29 is 4.74 Å². The fourth-order valence-electron chi connectivity index (χ4n) is 2.87. The van der Waals surface area contributed by atoms with Crippen molar-refractivity contribution in [3.8, 4) is 5.75 Å². The number of benzene rings is 1. The first-order valence-electron chi connectivity index (χ1n) is 7.39. The third-order valence-corrected chi connectivity index (χ3v) is 5.63. The Morgan fingerprint density at radius 3 is 3.11 bits per heavy atom. The van der Waals surface area contributed by atoms with Crippen molar-refractivity contribution >= 4 is 17.4 Å². The molecule has 1 unspecified atom stereocenters. The summed E-state index contributed by atoms with van der Waals surface area (Å²) in [6, 6.07) is 6.52. The van der Waals surface area contributed by atoms with Crippen molar-refractivity contribution in [1.82, 2.24) is 0 Å². The highest BCUT2D eigenvalue weighted by molar-refractivity contribution is 8.00. The minimum atomic E-state index is 0.307. The van der Waals surface area contributed by atoms with Gasteiger partial charge in [0.1, 0.15) is 12.4 Å². The van der Waals surface area contributed by atoms with E-state index in [1.54, 1.807) is 0 Å². The van der Waals surface area contributed by atoms with E-state index in [0.717, 1.165) is 18.9 Å². The van der Waals surface area contributed by atoms with Gasteiger partial charge in [0.2, 0.25) is 0 Å². The Kier molecular flexibility index (Phi) is 3.92. The standard InChI is InChI=1S/C16H23NOS/c1-16(8-2-3-10-19-16)12-18-14-7-6-13-5-4-9-17-15(13)11-14/h6-7,11,17H,2-5,8-10,12H2,1H3. The third kappa shape index (κ3) is 3.19. The van der Waals surface area contributed by atoms with Crippen LogP contribution in [0.3, 0.4) is 0 Å². The van der Waals surface area contributed by atoms with Gasteiger partial charge in [0.25, 0.3) is 0 Å². The zero-order chi connectivity index (χ0) is 13.1. The monoisotopic (exact) mass is 277 g/mol. The normalized spacial score (nSPS) is 26.4. The van der Waals surface area contributed by atoms with Gasteiger partial charge in [-0.1, -0.05) is 12.5 Å². The van der Waals surface area contributed by atoms with E-state index in [0.29, 0.717) is 4.75 Å². The van der Waals surface area contributed by atoms with Crippen LogP contribution in [0.15, 0.2) is 18.2 Å². The Morgan fingerprint density at radius 1 is 1.32 bits per heavy atom. The lowest BCUT2D eigenvalue weighted by molar-refractivity contribution is 0.267. The van der Waals surface area contributed by atoms with Crippen LogP contribution in [0, 0.1) is 0 Å². The van der Waals surface area contributed by atoms with Crippen molar-refractivity contribution in [1.29, 1.82) is 0 Å². The van der Waals surface area contributed by atoms with Crippen LogP contribution in [0.25, 0.3) is 0 Å². The van der Waals surface area contributed by atoms with Crippen LogP contribution >= 0.6 is 11.8 Å². The number of aryl methyl sites for hydroxylation is 1. The maximum absolute atomic E-state index is 6.05. The average molecular weight is 277 g/mol. The molecule has 1 aromatic rings. The first kappa shape index (κ1) is 13.2. The van der Waals surface area contributed by atoms with Gasteiger partial charge in [0.05, 0.1) is 0 Å². The fourth-order valence-corrected chi connectivity index (χ4v) is 4.14. The lowest BCUT2D eigenvalue weighted by Gasteiger charge is -2.32. The predicted octanol–water partition coefficient (Wildman–Crippen LogP) is 4.10. The summed E-state index contributed by atoms with van der Waals surface area (Å²) in [5, 5.41) is 3.47. The molecule has 0 radical (unpaired) electrons. The Balaban J connectivity index is 1.63. The van der Waals surface area contributed by atoms with E-state index in [9.17, 15) is 0 Å². The molecule has 0 saturated carbocycles. The van der Waals surface area contributed by atoms with Crippen molar-refractivity contribution in [3.63, 3.8) is 0 Å². The number of nitrogens with one attached hydrogen (secondary N) is 1. The minimum Gasteiger partial charge on any atom is -0.492 e. The van der Waals surface area contributed by atoms with E-state index in [1.165, 1.54) is 49.1 Å². The molecular formula is C16H23NOS. The van der Waals surface area contributed by atoms with E-state index in [2.05, 4.69) is 42.2 Å². The number of hydrogen-bond acceptors (Lipinski definition) is 3. The molecule has 0 aromatic heterocycles. The molecule has 2 aliphatic heterocycles. The smallest absolute Gasteiger partial charge is 0.121 e. The van der Waals surface area contributed by atoms with E-state index in [-0.39, 0.29) is 0 Å². The van der Waals surface area contributed by atoms with Crippen molar-refractivity contribution in [2.75, 3.05) is 24.2 Å². The molecule has 1 saturated heterocycles. The van der Waals surface area contributed by atoms with Gasteiger partial charge in [-0.25, -0.2) is 0 Å². The Labute approximate surface area is 120 Å². The summed E-state index contributed by atoms with van der Waals surface area (Å²) in [5.41, 5.74) is 2.70. The van der Waals surface area contributed by atoms with Gasteiger partial charge in [-0.05, 0) is 50.0 Å². The molecule has 1 fully saturated rings. The molecule has 104 valence electrons. The third-order valence-electron chi connectivity index (χ3n) is 4.11. The lowest BCUT2D eigenvalue weighted by atomic mass is 10.0. The number of hydrogen-bond donors (Lipinski definition) is 1. The second-order valence-corrected chi connectivity index (χ2v) is 7.58. The van der Waals surface area contributed by atoms with Crippen LogP contribution in [0.1, 0.15) is 38.2 Å². The molecule has 2 aliphatic rings. The molecule has 1 atom stereocenters. The molecule has 2 heterocycles. The number of fused-ring (bicyclic) bond motifs is 1. The SMILES string of the molecule is CC1(COc2ccc3c(c2)NCCC3)CCCCS1. The van der Waals surface area contributed by atoms with Gasteiger partial charge in [0.15, 0.2) is 0 Å². The van der Waals surface area contributed by atoms with E-state index < -0.39 is 0 Å². The molecule has 0 spiro atoms. The molecule has 3 rings (SSSR count). The van der Waals surface area contributed by atoms with Crippen molar-refractivity contribution in [3.05, 3.63) is 23.8 Å². The lowest BCUT2D eigenvalue weighted by Crippen LogP contribution is -2.31. The molecule has 0 aliphatic carbocycles. The van der Waals surface area contributed by atoms with Gasteiger partial charge in [-0.3, -0.25) is 0 Å². The topological polar surface area (TPSA) is 21.3 Å². The zero-order valence-corrected chi connectivity index (χ0v) is 12.5. The molecule has 1 N–H and O–H groups in total. The first-order valence-corrected chi connectivity index (χ1v) is 8.37. The van der Waals surface area contributed by atoms with Gasteiger partial charge in [-0.2, -0.15) is 11.8 Å². The number of anilines is 1. The largest absolute Gasteiger partial charge is 0.492 e. The molecule has 0 bridgehead atoms.